The number of amides is 1. The molecule has 1 heterocycles. The Bertz CT molecular complexity index is 1470. The molecule has 0 fully saturated rings. The summed E-state index contributed by atoms with van der Waals surface area (Å²) in [6, 6.07) is 28.8. The van der Waals surface area contributed by atoms with Gasteiger partial charge in [0.15, 0.2) is 0 Å². The number of hydrogen-bond acceptors (Lipinski definition) is 4. The van der Waals surface area contributed by atoms with Crippen molar-refractivity contribution < 1.29 is 19.8 Å². The van der Waals surface area contributed by atoms with E-state index in [1.54, 1.807) is 22.9 Å². The van der Waals surface area contributed by atoms with Crippen molar-refractivity contribution in [1.29, 1.82) is 5.26 Å². The molecule has 7 heteroatoms. The van der Waals surface area contributed by atoms with E-state index >= 15 is 0 Å². The van der Waals surface area contributed by atoms with E-state index in [1.807, 2.05) is 85.9 Å². The smallest absolute Gasteiger partial charge is 0.309 e. The molecule has 204 valence electrons. The molecule has 1 aromatic heterocycles. The Morgan fingerprint density at radius 2 is 1.52 bits per heavy atom. The van der Waals surface area contributed by atoms with Crippen LogP contribution in [0.15, 0.2) is 97.3 Å². The summed E-state index contributed by atoms with van der Waals surface area (Å²) in [4.78, 5) is 26.6. The van der Waals surface area contributed by atoms with Gasteiger partial charge in [0.25, 0.3) is 0 Å². The van der Waals surface area contributed by atoms with Crippen LogP contribution in [0.2, 0.25) is 0 Å². The quantitative estimate of drug-likeness (QED) is 0.229. The second kappa shape index (κ2) is 12.9. The van der Waals surface area contributed by atoms with E-state index < -0.39 is 23.3 Å². The van der Waals surface area contributed by atoms with Gasteiger partial charge in [-0.3, -0.25) is 9.59 Å². The monoisotopic (exact) mass is 535 g/mol. The number of aliphatic hydroxyl groups is 1. The maximum Gasteiger partial charge on any atom is 0.309 e. The molecule has 0 aliphatic rings. The number of carboxylic acids is 1. The van der Waals surface area contributed by atoms with E-state index in [4.69, 9.17) is 5.26 Å². The number of rotatable bonds is 12. The van der Waals surface area contributed by atoms with Gasteiger partial charge >= 0.3 is 5.97 Å². The number of nitrogens with zero attached hydrogens (tertiary/aromatic N) is 2. The Morgan fingerprint density at radius 1 is 0.925 bits per heavy atom. The van der Waals surface area contributed by atoms with Crippen molar-refractivity contribution in [3.63, 3.8) is 0 Å². The molecule has 0 saturated carbocycles. The first kappa shape index (κ1) is 28.3. The molecule has 0 aliphatic heterocycles. The zero-order valence-corrected chi connectivity index (χ0v) is 22.5. The van der Waals surface area contributed by atoms with Gasteiger partial charge < -0.3 is 20.1 Å². The van der Waals surface area contributed by atoms with Gasteiger partial charge in [-0.15, -0.1) is 0 Å². The summed E-state index contributed by atoms with van der Waals surface area (Å²) < 4.78 is 1.74. The summed E-state index contributed by atoms with van der Waals surface area (Å²) in [5, 5.41) is 31.6. The highest BCUT2D eigenvalue weighted by molar-refractivity contribution is 5.91. The number of aliphatic hydroxyl groups excluding tert-OH is 1. The van der Waals surface area contributed by atoms with Crippen molar-refractivity contribution in [3.8, 4) is 28.3 Å². The molecular weight excluding hydrogens is 502 g/mol. The second-order valence-corrected chi connectivity index (χ2v) is 9.82. The van der Waals surface area contributed by atoms with Gasteiger partial charge in [-0.1, -0.05) is 80.1 Å². The molecule has 1 amide bonds. The highest BCUT2D eigenvalue weighted by Crippen LogP contribution is 2.37. The lowest BCUT2D eigenvalue weighted by atomic mass is 9.75. The van der Waals surface area contributed by atoms with Crippen LogP contribution in [0.1, 0.15) is 30.9 Å². The molecule has 0 unspecified atom stereocenters. The van der Waals surface area contributed by atoms with Crippen LogP contribution >= 0.6 is 0 Å². The Kier molecular flexibility index (Phi) is 9.15. The third kappa shape index (κ3) is 5.98. The number of aliphatic carboxylic acids is 1. The fraction of sp³-hybridized carbons (Fsp3) is 0.242. The summed E-state index contributed by atoms with van der Waals surface area (Å²) in [6.45, 7) is 1.69. The first-order valence-corrected chi connectivity index (χ1v) is 13.4. The molecule has 4 rings (SSSR count). The van der Waals surface area contributed by atoms with E-state index in [-0.39, 0.29) is 19.6 Å². The molecule has 40 heavy (non-hydrogen) atoms. The van der Waals surface area contributed by atoms with Crippen LogP contribution in [-0.2, 0) is 21.5 Å². The maximum atomic E-state index is 13.9. The van der Waals surface area contributed by atoms with Gasteiger partial charge in [0.2, 0.25) is 5.91 Å². The molecule has 4 aromatic rings. The van der Waals surface area contributed by atoms with E-state index in [1.165, 1.54) is 0 Å². The Balaban J connectivity index is 1.78. The number of carbonyl (C=O) groups excluding carboxylic acids is 1. The average Bonchev–Trinajstić information content (AvgIpc) is 3.49. The molecule has 0 aliphatic carbocycles. The number of nitrogens with one attached hydrogen (secondary N) is 1. The van der Waals surface area contributed by atoms with Gasteiger partial charge in [-0.25, -0.2) is 0 Å². The van der Waals surface area contributed by atoms with Crippen molar-refractivity contribution in [2.24, 2.45) is 5.92 Å². The molecule has 0 radical (unpaired) electrons. The Morgan fingerprint density at radius 3 is 2.08 bits per heavy atom. The average molecular weight is 536 g/mol. The van der Waals surface area contributed by atoms with Crippen LogP contribution < -0.4 is 5.32 Å². The highest BCUT2D eigenvalue weighted by Gasteiger charge is 2.50. The molecule has 0 spiro atoms. The van der Waals surface area contributed by atoms with Crippen LogP contribution in [0, 0.1) is 17.2 Å². The van der Waals surface area contributed by atoms with Crippen LogP contribution in [-0.4, -0.2) is 39.8 Å². The zero-order chi connectivity index (χ0) is 28.5. The number of carbonyl (C=O) groups is 2. The number of aromatic nitrogens is 1. The van der Waals surface area contributed by atoms with Crippen molar-refractivity contribution >= 4 is 11.9 Å². The van der Waals surface area contributed by atoms with Crippen molar-refractivity contribution in [2.75, 3.05) is 13.2 Å². The fourth-order valence-corrected chi connectivity index (χ4v) is 5.24. The largest absolute Gasteiger partial charge is 0.481 e. The minimum absolute atomic E-state index is 0.0266. The topological polar surface area (TPSA) is 115 Å². The first-order valence-electron chi connectivity index (χ1n) is 13.4. The Hall–Kier alpha value is -4.67. The summed E-state index contributed by atoms with van der Waals surface area (Å²) in [6.07, 6.45) is 4.68. The lowest BCUT2D eigenvalue weighted by molar-refractivity contribution is -0.152. The van der Waals surface area contributed by atoms with Crippen molar-refractivity contribution in [2.45, 2.75) is 31.7 Å². The second-order valence-electron chi connectivity index (χ2n) is 9.82. The molecule has 7 nitrogen and oxygen atoms in total. The van der Waals surface area contributed by atoms with E-state index in [2.05, 4.69) is 11.4 Å². The van der Waals surface area contributed by atoms with Crippen LogP contribution in [0.5, 0.6) is 0 Å². The van der Waals surface area contributed by atoms with Crippen LogP contribution in [0.3, 0.4) is 0 Å². The van der Waals surface area contributed by atoms with Gasteiger partial charge in [-0.05, 0) is 52.4 Å². The van der Waals surface area contributed by atoms with E-state index in [0.29, 0.717) is 18.4 Å². The maximum absolute atomic E-state index is 13.9. The van der Waals surface area contributed by atoms with Gasteiger partial charge in [-0.2, -0.15) is 5.26 Å². The zero-order valence-electron chi connectivity index (χ0n) is 22.5. The summed E-state index contributed by atoms with van der Waals surface area (Å²) in [5.41, 5.74) is 3.75. The lowest BCUT2D eigenvalue weighted by Gasteiger charge is -2.39. The minimum atomic E-state index is -1.46. The van der Waals surface area contributed by atoms with Gasteiger partial charge in [0, 0.05) is 25.4 Å². The molecule has 3 aromatic carbocycles. The number of carboxylic acid groups (broad SMARTS) is 1. The predicted molar refractivity (Wildman–Crippen MR) is 154 cm³/mol. The first-order chi connectivity index (χ1) is 19.4. The van der Waals surface area contributed by atoms with Crippen LogP contribution in [0.25, 0.3) is 22.3 Å². The van der Waals surface area contributed by atoms with Gasteiger partial charge in [0.1, 0.15) is 5.54 Å². The van der Waals surface area contributed by atoms with E-state index in [0.717, 1.165) is 27.8 Å². The van der Waals surface area contributed by atoms with Gasteiger partial charge in [0.05, 0.1) is 24.2 Å². The highest BCUT2D eigenvalue weighted by atomic mass is 16.4. The molecule has 2 atom stereocenters. The molecule has 0 bridgehead atoms. The summed E-state index contributed by atoms with van der Waals surface area (Å²) >= 11 is 0. The molecule has 0 saturated heterocycles. The standard InChI is InChI=1S/C33H33N3O4/c1-2-6-30(31(38)39)33(32(40)35-18-20-37,21-24-7-4-3-5-8-24)36-19-17-29(23-36)28-15-13-27(14-16-28)26-11-9-25(22-34)10-12-26/h3-5,7-17,19,23,30,37H,2,6,18,20-21H2,1H3,(H,35,40)(H,38,39)/t30-,33+/m1/s1. The molecule has 3 N–H and O–H groups in total. The third-order valence-corrected chi connectivity index (χ3v) is 7.28. The SMILES string of the molecule is CCC[C@H](C(=O)O)[C@@](Cc1ccccc1)(C(=O)NCCO)n1ccc(-c2ccc(-c3ccc(C#N)cc3)cc2)c1. The predicted octanol–water partition coefficient (Wildman–Crippen LogP) is 5.24. The lowest BCUT2D eigenvalue weighted by Crippen LogP contribution is -2.57. The van der Waals surface area contributed by atoms with Crippen molar-refractivity contribution in [3.05, 3.63) is 108 Å². The third-order valence-electron chi connectivity index (χ3n) is 7.28. The number of hydrogen-bond donors (Lipinski definition) is 3. The number of nitriles is 1. The van der Waals surface area contributed by atoms with Crippen molar-refractivity contribution in [1.82, 2.24) is 9.88 Å². The molecular formula is C33H33N3O4. The number of benzene rings is 3. The Labute approximate surface area is 234 Å². The normalized spacial score (nSPS) is 13.1. The van der Waals surface area contributed by atoms with E-state index in [9.17, 15) is 19.8 Å². The fourth-order valence-electron chi connectivity index (χ4n) is 5.24. The minimum Gasteiger partial charge on any atom is -0.481 e. The summed E-state index contributed by atoms with van der Waals surface area (Å²) in [7, 11) is 0. The van der Waals surface area contributed by atoms with Crippen LogP contribution in [0.4, 0.5) is 0 Å². The summed E-state index contributed by atoms with van der Waals surface area (Å²) in [5.74, 6) is -2.49.